The number of aromatic nitrogens is 2. The van der Waals surface area contributed by atoms with E-state index in [9.17, 15) is 4.79 Å². The van der Waals surface area contributed by atoms with Crippen LogP contribution in [0.1, 0.15) is 21.7 Å². The molecule has 122 valence electrons. The predicted molar refractivity (Wildman–Crippen MR) is 88.6 cm³/mol. The highest BCUT2D eigenvalue weighted by molar-refractivity contribution is 5.96. The van der Waals surface area contributed by atoms with Crippen molar-refractivity contribution in [3.63, 3.8) is 0 Å². The lowest BCUT2D eigenvalue weighted by molar-refractivity contribution is 0.0946. The van der Waals surface area contributed by atoms with Crippen LogP contribution < -0.4 is 10.1 Å². The highest BCUT2D eigenvalue weighted by atomic mass is 16.5. The fraction of sp³-hybridized carbons (Fsp3) is 0.167. The second-order valence-electron chi connectivity index (χ2n) is 5.26. The molecule has 3 rings (SSSR count). The number of para-hydroxylation sites is 1. The van der Waals surface area contributed by atoms with E-state index in [0.717, 1.165) is 11.1 Å². The van der Waals surface area contributed by atoms with Crippen LogP contribution in [-0.4, -0.2) is 23.2 Å². The van der Waals surface area contributed by atoms with E-state index < -0.39 is 0 Å². The van der Waals surface area contributed by atoms with Gasteiger partial charge in [-0.15, -0.1) is 0 Å². The van der Waals surface area contributed by atoms with Crippen molar-refractivity contribution in [2.45, 2.75) is 13.5 Å². The van der Waals surface area contributed by atoms with Crippen molar-refractivity contribution in [2.75, 3.05) is 7.11 Å². The second-order valence-corrected chi connectivity index (χ2v) is 5.26. The molecule has 0 bridgehead atoms. The third-order valence-electron chi connectivity index (χ3n) is 3.53. The van der Waals surface area contributed by atoms with Gasteiger partial charge in [0.05, 0.1) is 19.2 Å². The minimum atomic E-state index is -0.255. The van der Waals surface area contributed by atoms with Crippen LogP contribution in [0.2, 0.25) is 0 Å². The van der Waals surface area contributed by atoms with Crippen molar-refractivity contribution in [2.24, 2.45) is 0 Å². The number of hydrogen-bond donors (Lipinski definition) is 1. The maximum Gasteiger partial charge on any atom is 0.257 e. The highest BCUT2D eigenvalue weighted by Crippen LogP contribution is 2.18. The van der Waals surface area contributed by atoms with Crippen LogP contribution >= 0.6 is 0 Å². The Kier molecular flexibility index (Phi) is 4.56. The van der Waals surface area contributed by atoms with Crippen molar-refractivity contribution >= 4 is 5.91 Å². The van der Waals surface area contributed by atoms with Gasteiger partial charge in [0, 0.05) is 5.56 Å². The van der Waals surface area contributed by atoms with Gasteiger partial charge in [-0.3, -0.25) is 4.79 Å². The molecule has 1 N–H and O–H groups in total. The van der Waals surface area contributed by atoms with E-state index in [1.807, 2.05) is 37.3 Å². The van der Waals surface area contributed by atoms with Gasteiger partial charge in [0.25, 0.3) is 11.8 Å². The molecule has 0 aliphatic carbocycles. The number of ether oxygens (including phenoxy) is 1. The lowest BCUT2D eigenvalue weighted by Gasteiger charge is -2.07. The molecule has 0 fully saturated rings. The number of aryl methyl sites for hydroxylation is 1. The quantitative estimate of drug-likeness (QED) is 0.781. The van der Waals surface area contributed by atoms with E-state index in [0.29, 0.717) is 23.0 Å². The van der Waals surface area contributed by atoms with Gasteiger partial charge in [0.1, 0.15) is 5.75 Å². The topological polar surface area (TPSA) is 77.2 Å². The van der Waals surface area contributed by atoms with E-state index in [-0.39, 0.29) is 12.5 Å². The zero-order valence-corrected chi connectivity index (χ0v) is 13.4. The van der Waals surface area contributed by atoms with Crippen LogP contribution in [0.15, 0.2) is 53.1 Å². The molecule has 0 radical (unpaired) electrons. The molecule has 0 saturated carbocycles. The summed E-state index contributed by atoms with van der Waals surface area (Å²) in [4.78, 5) is 16.5. The van der Waals surface area contributed by atoms with Gasteiger partial charge in [-0.2, -0.15) is 4.98 Å². The monoisotopic (exact) mass is 323 g/mol. The van der Waals surface area contributed by atoms with E-state index in [1.54, 1.807) is 18.2 Å². The average molecular weight is 323 g/mol. The number of methoxy groups -OCH3 is 1. The largest absolute Gasteiger partial charge is 0.496 e. The maximum absolute atomic E-state index is 12.2. The SMILES string of the molecule is COc1ccccc1C(=O)NCc1noc(-c2ccc(C)cc2)n1. The number of nitrogens with one attached hydrogen (secondary N) is 1. The van der Waals surface area contributed by atoms with Crippen LogP contribution in [0.5, 0.6) is 5.75 Å². The lowest BCUT2D eigenvalue weighted by Crippen LogP contribution is -2.23. The Morgan fingerprint density at radius 2 is 1.92 bits per heavy atom. The first-order valence-corrected chi connectivity index (χ1v) is 7.48. The Labute approximate surface area is 139 Å². The van der Waals surface area contributed by atoms with Gasteiger partial charge in [0.15, 0.2) is 5.82 Å². The molecule has 6 heteroatoms. The minimum absolute atomic E-state index is 0.173. The van der Waals surface area contributed by atoms with Gasteiger partial charge < -0.3 is 14.6 Å². The summed E-state index contributed by atoms with van der Waals surface area (Å²) >= 11 is 0. The van der Waals surface area contributed by atoms with E-state index in [2.05, 4.69) is 15.5 Å². The normalized spacial score (nSPS) is 10.4. The van der Waals surface area contributed by atoms with E-state index >= 15 is 0 Å². The fourth-order valence-corrected chi connectivity index (χ4v) is 2.23. The third kappa shape index (κ3) is 3.43. The van der Waals surface area contributed by atoms with Crippen molar-refractivity contribution in [1.82, 2.24) is 15.5 Å². The van der Waals surface area contributed by atoms with E-state index in [4.69, 9.17) is 9.26 Å². The number of hydrogen-bond acceptors (Lipinski definition) is 5. The van der Waals surface area contributed by atoms with Crippen LogP contribution in [0.4, 0.5) is 0 Å². The summed E-state index contributed by atoms with van der Waals surface area (Å²) in [5.74, 6) is 1.10. The standard InChI is InChI=1S/C18H17N3O3/c1-12-7-9-13(10-8-12)18-20-16(21-24-18)11-19-17(22)14-5-3-4-6-15(14)23-2/h3-10H,11H2,1-2H3,(H,19,22). The molecule has 0 atom stereocenters. The first kappa shape index (κ1) is 15.7. The van der Waals surface area contributed by atoms with Gasteiger partial charge in [-0.05, 0) is 31.2 Å². The first-order chi connectivity index (χ1) is 11.7. The maximum atomic E-state index is 12.2. The molecular formula is C18H17N3O3. The van der Waals surface area contributed by atoms with Crippen LogP contribution in [0, 0.1) is 6.92 Å². The lowest BCUT2D eigenvalue weighted by atomic mass is 10.1. The second kappa shape index (κ2) is 6.95. The molecule has 0 unspecified atom stereocenters. The van der Waals surface area contributed by atoms with Gasteiger partial charge in [0.2, 0.25) is 0 Å². The van der Waals surface area contributed by atoms with E-state index in [1.165, 1.54) is 7.11 Å². The summed E-state index contributed by atoms with van der Waals surface area (Å²) in [7, 11) is 1.53. The predicted octanol–water partition coefficient (Wildman–Crippen LogP) is 2.98. The summed E-state index contributed by atoms with van der Waals surface area (Å²) in [6.45, 7) is 2.18. The molecule has 24 heavy (non-hydrogen) atoms. The minimum Gasteiger partial charge on any atom is -0.496 e. The summed E-state index contributed by atoms with van der Waals surface area (Å²) in [5.41, 5.74) is 2.46. The Bertz CT molecular complexity index is 841. The molecule has 0 saturated heterocycles. The summed E-state index contributed by atoms with van der Waals surface area (Å²) < 4.78 is 10.4. The Balaban J connectivity index is 1.67. The van der Waals surface area contributed by atoms with Crippen LogP contribution in [0.25, 0.3) is 11.5 Å². The number of carbonyl (C=O) groups is 1. The molecular weight excluding hydrogens is 306 g/mol. The van der Waals surface area contributed by atoms with Gasteiger partial charge in [-0.25, -0.2) is 0 Å². The average Bonchev–Trinajstić information content (AvgIpc) is 3.09. The number of amides is 1. The molecule has 1 heterocycles. The number of benzene rings is 2. The molecule has 6 nitrogen and oxygen atoms in total. The molecule has 1 aromatic heterocycles. The number of rotatable bonds is 5. The number of carbonyl (C=O) groups excluding carboxylic acids is 1. The Hall–Kier alpha value is -3.15. The molecule has 0 aliphatic heterocycles. The smallest absolute Gasteiger partial charge is 0.257 e. The van der Waals surface area contributed by atoms with Crippen LogP contribution in [-0.2, 0) is 6.54 Å². The Morgan fingerprint density at radius 3 is 2.67 bits per heavy atom. The van der Waals surface area contributed by atoms with Crippen LogP contribution in [0.3, 0.4) is 0 Å². The van der Waals surface area contributed by atoms with Crippen molar-refractivity contribution < 1.29 is 14.1 Å². The van der Waals surface area contributed by atoms with Gasteiger partial charge >= 0.3 is 0 Å². The third-order valence-corrected chi connectivity index (χ3v) is 3.53. The molecule has 0 aliphatic rings. The zero-order chi connectivity index (χ0) is 16.9. The van der Waals surface area contributed by atoms with Crippen molar-refractivity contribution in [1.29, 1.82) is 0 Å². The van der Waals surface area contributed by atoms with Crippen molar-refractivity contribution in [3.05, 3.63) is 65.5 Å². The summed E-state index contributed by atoms with van der Waals surface area (Å²) in [5, 5.41) is 6.65. The fourth-order valence-electron chi connectivity index (χ4n) is 2.23. The molecule has 0 spiro atoms. The highest BCUT2D eigenvalue weighted by Gasteiger charge is 2.13. The molecule has 2 aromatic carbocycles. The molecule has 3 aromatic rings. The summed E-state index contributed by atoms with van der Waals surface area (Å²) in [6.07, 6.45) is 0. The first-order valence-electron chi connectivity index (χ1n) is 7.48. The van der Waals surface area contributed by atoms with Crippen molar-refractivity contribution in [3.8, 4) is 17.2 Å². The molecule has 1 amide bonds. The number of nitrogens with zero attached hydrogens (tertiary/aromatic N) is 2. The zero-order valence-electron chi connectivity index (χ0n) is 13.4. The van der Waals surface area contributed by atoms with Gasteiger partial charge in [-0.1, -0.05) is 35.0 Å². The Morgan fingerprint density at radius 1 is 1.17 bits per heavy atom. The summed E-state index contributed by atoms with van der Waals surface area (Å²) in [6, 6.07) is 14.8.